The second kappa shape index (κ2) is 8.44. The minimum atomic E-state index is -0.228. The van der Waals surface area contributed by atoms with Crippen LogP contribution in [0.2, 0.25) is 0 Å². The van der Waals surface area contributed by atoms with Gasteiger partial charge in [0.2, 0.25) is 0 Å². The van der Waals surface area contributed by atoms with Crippen LogP contribution in [0.4, 0.5) is 5.69 Å². The van der Waals surface area contributed by atoms with Crippen LogP contribution in [0, 0.1) is 0 Å². The molecular weight excluding hydrogens is 362 g/mol. The maximum Gasteiger partial charge on any atom is 0.259 e. The fraction of sp³-hybridized carbons (Fsp3) is 0.0833. The smallest absolute Gasteiger partial charge is 0.259 e. The van der Waals surface area contributed by atoms with Gasteiger partial charge >= 0.3 is 0 Å². The zero-order valence-corrected chi connectivity index (χ0v) is 16.1. The van der Waals surface area contributed by atoms with E-state index in [-0.39, 0.29) is 12.5 Å². The number of fused-ring (bicyclic) bond motifs is 2. The molecule has 4 aromatic carbocycles. The fourth-order valence-electron chi connectivity index (χ4n) is 3.31. The lowest BCUT2D eigenvalue weighted by Crippen LogP contribution is -2.25. The van der Waals surface area contributed by atoms with Gasteiger partial charge in [0, 0.05) is 17.3 Å². The minimum absolute atomic E-state index is 0.112. The molecule has 2 N–H and O–H groups in total. The zero-order valence-electron chi connectivity index (χ0n) is 16.1. The molecular formula is C24H21N3O2. The lowest BCUT2D eigenvalue weighted by molar-refractivity contribution is -0.119. The molecule has 0 aromatic heterocycles. The number of carbonyl (C=O) groups is 1. The Morgan fingerprint density at radius 3 is 2.31 bits per heavy atom. The van der Waals surface area contributed by atoms with Crippen LogP contribution in [0.3, 0.4) is 0 Å². The van der Waals surface area contributed by atoms with E-state index < -0.39 is 0 Å². The topological polar surface area (TPSA) is 62.7 Å². The van der Waals surface area contributed by atoms with Crippen LogP contribution in [-0.4, -0.2) is 25.8 Å². The number of anilines is 1. The molecule has 5 nitrogen and oxygen atoms in total. The summed E-state index contributed by atoms with van der Waals surface area (Å²) in [4.78, 5) is 12.2. The third-order valence-corrected chi connectivity index (χ3v) is 4.72. The highest BCUT2D eigenvalue weighted by Crippen LogP contribution is 2.27. The molecule has 4 aromatic rings. The Morgan fingerprint density at radius 1 is 0.931 bits per heavy atom. The lowest BCUT2D eigenvalue weighted by Gasteiger charge is -2.08. The molecule has 0 saturated carbocycles. The molecule has 0 aliphatic carbocycles. The summed E-state index contributed by atoms with van der Waals surface area (Å²) < 4.78 is 5.18. The molecule has 0 radical (unpaired) electrons. The maximum absolute atomic E-state index is 12.2. The molecule has 0 heterocycles. The van der Waals surface area contributed by atoms with Crippen LogP contribution in [0.5, 0.6) is 5.75 Å². The number of ether oxygens (including phenoxy) is 1. The number of nitrogens with zero attached hydrogens (tertiary/aromatic N) is 1. The Hall–Kier alpha value is -3.86. The van der Waals surface area contributed by atoms with E-state index in [9.17, 15) is 4.79 Å². The molecule has 0 bridgehead atoms. The van der Waals surface area contributed by atoms with E-state index in [2.05, 4.69) is 46.2 Å². The second-order valence-electron chi connectivity index (χ2n) is 6.61. The number of hydrogen-bond acceptors (Lipinski definition) is 4. The summed E-state index contributed by atoms with van der Waals surface area (Å²) in [5.41, 5.74) is 4.39. The first kappa shape index (κ1) is 18.5. The molecule has 4 rings (SSSR count). The molecule has 5 heteroatoms. The van der Waals surface area contributed by atoms with Crippen molar-refractivity contribution in [1.82, 2.24) is 5.43 Å². The van der Waals surface area contributed by atoms with Gasteiger partial charge in [-0.2, -0.15) is 5.10 Å². The molecule has 29 heavy (non-hydrogen) atoms. The first-order chi connectivity index (χ1) is 14.2. The monoisotopic (exact) mass is 383 g/mol. The van der Waals surface area contributed by atoms with E-state index in [1.807, 2.05) is 48.5 Å². The van der Waals surface area contributed by atoms with E-state index in [4.69, 9.17) is 4.74 Å². The quantitative estimate of drug-likeness (QED) is 0.291. The summed E-state index contributed by atoms with van der Waals surface area (Å²) in [7, 11) is 1.61. The van der Waals surface area contributed by atoms with Crippen molar-refractivity contribution in [2.75, 3.05) is 19.0 Å². The number of benzene rings is 4. The van der Waals surface area contributed by atoms with E-state index in [0.29, 0.717) is 0 Å². The number of methoxy groups -OCH3 is 1. The van der Waals surface area contributed by atoms with Crippen LogP contribution in [0.25, 0.3) is 21.5 Å². The summed E-state index contributed by atoms with van der Waals surface area (Å²) in [6, 6.07) is 25.9. The normalized spacial score (nSPS) is 11.1. The third kappa shape index (κ3) is 4.19. The van der Waals surface area contributed by atoms with E-state index in [0.717, 1.165) is 38.5 Å². The molecule has 0 aliphatic rings. The molecule has 0 unspecified atom stereocenters. The van der Waals surface area contributed by atoms with Crippen LogP contribution in [0.1, 0.15) is 5.56 Å². The van der Waals surface area contributed by atoms with Crippen LogP contribution >= 0.6 is 0 Å². The average Bonchev–Trinajstić information content (AvgIpc) is 2.77. The molecule has 1 amide bonds. The average molecular weight is 383 g/mol. The van der Waals surface area contributed by atoms with Gasteiger partial charge in [0.1, 0.15) is 5.75 Å². The van der Waals surface area contributed by atoms with Crippen molar-refractivity contribution in [2.24, 2.45) is 5.10 Å². The Bertz CT molecular complexity index is 1150. The maximum atomic E-state index is 12.2. The van der Waals surface area contributed by atoms with Gasteiger partial charge in [-0.05, 0) is 39.7 Å². The standard InChI is InChI=1S/C24H21N3O2/c1-29-20-10-6-9-19(14-20)25-16-24(28)27-26-15-23-21-11-4-2-7-17(21)13-18-8-3-5-12-22(18)23/h2-15,25H,16H2,1H3,(H,27,28)/b26-15-. The van der Waals surface area contributed by atoms with Crippen molar-refractivity contribution in [1.29, 1.82) is 0 Å². The molecule has 0 atom stereocenters. The first-order valence-corrected chi connectivity index (χ1v) is 9.35. The second-order valence-corrected chi connectivity index (χ2v) is 6.61. The van der Waals surface area contributed by atoms with E-state index >= 15 is 0 Å². The van der Waals surface area contributed by atoms with Crippen LogP contribution < -0.4 is 15.5 Å². The van der Waals surface area contributed by atoms with Crippen molar-refractivity contribution < 1.29 is 9.53 Å². The Morgan fingerprint density at radius 2 is 1.62 bits per heavy atom. The zero-order chi connectivity index (χ0) is 20.1. The third-order valence-electron chi connectivity index (χ3n) is 4.72. The SMILES string of the molecule is COc1cccc(NCC(=O)N/N=C\c2c3ccccc3cc3ccccc23)c1. The summed E-state index contributed by atoms with van der Waals surface area (Å²) in [5, 5.41) is 11.7. The Labute approximate surface area is 169 Å². The number of rotatable bonds is 6. The first-order valence-electron chi connectivity index (χ1n) is 9.35. The Kier molecular flexibility index (Phi) is 5.38. The van der Waals surface area contributed by atoms with Crippen LogP contribution in [-0.2, 0) is 4.79 Å². The number of hydrazone groups is 1. The van der Waals surface area contributed by atoms with Crippen molar-refractivity contribution in [2.45, 2.75) is 0 Å². The highest BCUT2D eigenvalue weighted by Gasteiger charge is 2.06. The van der Waals surface area contributed by atoms with E-state index in [1.54, 1.807) is 13.3 Å². The van der Waals surface area contributed by atoms with E-state index in [1.165, 1.54) is 0 Å². The predicted octanol–water partition coefficient (Wildman–Crippen LogP) is 4.56. The summed E-state index contributed by atoms with van der Waals surface area (Å²) in [5.74, 6) is 0.505. The van der Waals surface area contributed by atoms with Gasteiger partial charge in [0.25, 0.3) is 5.91 Å². The molecule has 0 aliphatic heterocycles. The highest BCUT2D eigenvalue weighted by molar-refractivity contribution is 6.13. The number of carbonyl (C=O) groups excluding carboxylic acids is 1. The van der Waals surface area contributed by atoms with Gasteiger partial charge in [-0.25, -0.2) is 5.43 Å². The Balaban J connectivity index is 1.50. The van der Waals surface area contributed by atoms with Gasteiger partial charge in [0.05, 0.1) is 19.9 Å². The number of amides is 1. The fourth-order valence-corrected chi connectivity index (χ4v) is 3.31. The molecule has 144 valence electrons. The van der Waals surface area contributed by atoms with Gasteiger partial charge in [-0.3, -0.25) is 4.79 Å². The van der Waals surface area contributed by atoms with Crippen molar-refractivity contribution in [3.63, 3.8) is 0 Å². The lowest BCUT2D eigenvalue weighted by atomic mass is 9.97. The number of hydrogen-bond donors (Lipinski definition) is 2. The summed E-state index contributed by atoms with van der Waals surface area (Å²) in [6.07, 6.45) is 1.72. The summed E-state index contributed by atoms with van der Waals surface area (Å²) >= 11 is 0. The van der Waals surface area contributed by atoms with Crippen molar-refractivity contribution >= 4 is 39.4 Å². The predicted molar refractivity (Wildman–Crippen MR) is 119 cm³/mol. The highest BCUT2D eigenvalue weighted by atomic mass is 16.5. The van der Waals surface area contributed by atoms with Gasteiger partial charge in [-0.1, -0.05) is 54.6 Å². The van der Waals surface area contributed by atoms with Gasteiger partial charge in [-0.15, -0.1) is 0 Å². The molecule has 0 spiro atoms. The van der Waals surface area contributed by atoms with Gasteiger partial charge < -0.3 is 10.1 Å². The molecule has 0 fully saturated rings. The largest absolute Gasteiger partial charge is 0.497 e. The van der Waals surface area contributed by atoms with Gasteiger partial charge in [0.15, 0.2) is 0 Å². The number of nitrogens with one attached hydrogen (secondary N) is 2. The van der Waals surface area contributed by atoms with Crippen LogP contribution in [0.15, 0.2) is 84.0 Å². The van der Waals surface area contributed by atoms with Crippen molar-refractivity contribution in [3.05, 3.63) is 84.4 Å². The minimum Gasteiger partial charge on any atom is -0.497 e. The molecule has 0 saturated heterocycles. The van der Waals surface area contributed by atoms with Crippen molar-refractivity contribution in [3.8, 4) is 5.75 Å². The summed E-state index contributed by atoms with van der Waals surface area (Å²) in [6.45, 7) is 0.112.